The van der Waals surface area contributed by atoms with Gasteiger partial charge in [0.1, 0.15) is 0 Å². The van der Waals surface area contributed by atoms with E-state index in [4.69, 9.17) is 0 Å². The van der Waals surface area contributed by atoms with Crippen LogP contribution in [0.3, 0.4) is 0 Å². The summed E-state index contributed by atoms with van der Waals surface area (Å²) in [4.78, 5) is 24.8. The van der Waals surface area contributed by atoms with Crippen molar-refractivity contribution in [1.29, 1.82) is 0 Å². The van der Waals surface area contributed by atoms with Gasteiger partial charge in [-0.05, 0) is 37.0 Å². The Labute approximate surface area is 112 Å². The van der Waals surface area contributed by atoms with Crippen LogP contribution in [0.2, 0.25) is 0 Å². The van der Waals surface area contributed by atoms with E-state index in [2.05, 4.69) is 5.32 Å². The highest BCUT2D eigenvalue weighted by Gasteiger charge is 2.32. The molecule has 1 N–H and O–H groups in total. The van der Waals surface area contributed by atoms with Gasteiger partial charge in [-0.25, -0.2) is 0 Å². The van der Waals surface area contributed by atoms with E-state index in [0.29, 0.717) is 11.1 Å². The molecule has 4 nitrogen and oxygen atoms in total. The molecule has 0 radical (unpaired) electrons. The molecular weight excluding hydrogens is 240 g/mol. The van der Waals surface area contributed by atoms with Crippen molar-refractivity contribution in [3.05, 3.63) is 29.3 Å². The summed E-state index contributed by atoms with van der Waals surface area (Å²) in [7, 11) is 1.52. The number of fused-ring (bicyclic) bond motifs is 1. The van der Waals surface area contributed by atoms with Crippen LogP contribution < -0.4 is 5.32 Å². The summed E-state index contributed by atoms with van der Waals surface area (Å²) in [5.74, 6) is 0.333. The third kappa shape index (κ3) is 2.11. The van der Waals surface area contributed by atoms with Crippen molar-refractivity contribution in [3.63, 3.8) is 0 Å². The van der Waals surface area contributed by atoms with E-state index < -0.39 is 0 Å². The molecule has 0 aromatic heterocycles. The van der Waals surface area contributed by atoms with Crippen molar-refractivity contribution in [1.82, 2.24) is 4.90 Å². The molecule has 2 amide bonds. The predicted octanol–water partition coefficient (Wildman–Crippen LogP) is 2.51. The first-order valence-electron chi connectivity index (χ1n) is 6.87. The minimum Gasteiger partial charge on any atom is -0.385 e. The van der Waals surface area contributed by atoms with Gasteiger partial charge in [0.05, 0.1) is 11.1 Å². The summed E-state index contributed by atoms with van der Waals surface area (Å²) in [5.41, 5.74) is 1.96. The Hall–Kier alpha value is -1.84. The van der Waals surface area contributed by atoms with Crippen molar-refractivity contribution in [2.75, 3.05) is 18.9 Å². The summed E-state index contributed by atoms with van der Waals surface area (Å²) in [6.45, 7) is 0.955. The molecular formula is C15H18N2O2. The Morgan fingerprint density at radius 3 is 2.58 bits per heavy atom. The highest BCUT2D eigenvalue weighted by atomic mass is 16.2. The molecule has 0 unspecified atom stereocenters. The lowest BCUT2D eigenvalue weighted by molar-refractivity contribution is 0.0693. The van der Waals surface area contributed by atoms with Gasteiger partial charge in [0, 0.05) is 19.3 Å². The number of anilines is 1. The van der Waals surface area contributed by atoms with E-state index >= 15 is 0 Å². The molecule has 1 heterocycles. The fourth-order valence-corrected chi connectivity index (χ4v) is 2.95. The molecule has 0 saturated heterocycles. The zero-order chi connectivity index (χ0) is 13.4. The molecule has 1 aliphatic heterocycles. The van der Waals surface area contributed by atoms with E-state index in [1.54, 1.807) is 12.1 Å². The normalized spacial score (nSPS) is 19.1. The molecule has 1 aromatic rings. The maximum atomic E-state index is 11.9. The summed E-state index contributed by atoms with van der Waals surface area (Å²) >= 11 is 0. The standard InChI is InChI=1S/C15H18N2O2/c1-17-14(18)12-7-6-11(8-13(12)15(17)19)16-9-10-4-2-3-5-10/h6-8,10,16H,2-5,9H2,1H3. The largest absolute Gasteiger partial charge is 0.385 e. The first kappa shape index (κ1) is 12.2. The Kier molecular flexibility index (Phi) is 3.01. The van der Waals surface area contributed by atoms with Gasteiger partial charge in [0.25, 0.3) is 11.8 Å². The molecule has 4 heteroatoms. The fraction of sp³-hybridized carbons (Fsp3) is 0.467. The number of carbonyl (C=O) groups is 2. The van der Waals surface area contributed by atoms with Gasteiger partial charge in [-0.2, -0.15) is 0 Å². The van der Waals surface area contributed by atoms with E-state index in [9.17, 15) is 9.59 Å². The maximum absolute atomic E-state index is 11.9. The number of nitrogens with zero attached hydrogens (tertiary/aromatic N) is 1. The number of imide groups is 1. The third-order valence-electron chi connectivity index (χ3n) is 4.16. The minimum atomic E-state index is -0.206. The second-order valence-corrected chi connectivity index (χ2v) is 5.46. The summed E-state index contributed by atoms with van der Waals surface area (Å²) in [6, 6.07) is 5.43. The van der Waals surface area contributed by atoms with Gasteiger partial charge in [0.15, 0.2) is 0 Å². The van der Waals surface area contributed by atoms with E-state index in [1.807, 2.05) is 6.07 Å². The predicted molar refractivity (Wildman–Crippen MR) is 73.3 cm³/mol. The van der Waals surface area contributed by atoms with Gasteiger partial charge in [0.2, 0.25) is 0 Å². The molecule has 100 valence electrons. The topological polar surface area (TPSA) is 49.4 Å². The molecule has 0 spiro atoms. The Bertz CT molecular complexity index is 533. The SMILES string of the molecule is CN1C(=O)c2ccc(NCC3CCCC3)cc2C1=O. The minimum absolute atomic E-state index is 0.204. The van der Waals surface area contributed by atoms with E-state index in [1.165, 1.54) is 37.6 Å². The van der Waals surface area contributed by atoms with Crippen molar-refractivity contribution >= 4 is 17.5 Å². The number of rotatable bonds is 3. The van der Waals surface area contributed by atoms with E-state index in [-0.39, 0.29) is 11.8 Å². The fourth-order valence-electron chi connectivity index (χ4n) is 2.95. The smallest absolute Gasteiger partial charge is 0.261 e. The highest BCUT2D eigenvalue weighted by molar-refractivity contribution is 6.21. The summed E-state index contributed by atoms with van der Waals surface area (Å²) < 4.78 is 0. The first-order chi connectivity index (χ1) is 9.16. The van der Waals surface area contributed by atoms with Crippen molar-refractivity contribution in [3.8, 4) is 0 Å². The van der Waals surface area contributed by atoms with Crippen molar-refractivity contribution < 1.29 is 9.59 Å². The van der Waals surface area contributed by atoms with Crippen molar-refractivity contribution in [2.24, 2.45) is 5.92 Å². The molecule has 19 heavy (non-hydrogen) atoms. The molecule has 3 rings (SSSR count). The van der Waals surface area contributed by atoms with Gasteiger partial charge >= 0.3 is 0 Å². The van der Waals surface area contributed by atoms with E-state index in [0.717, 1.165) is 18.2 Å². The van der Waals surface area contributed by atoms with Gasteiger partial charge in [-0.15, -0.1) is 0 Å². The lowest BCUT2D eigenvalue weighted by Gasteiger charge is -2.12. The monoisotopic (exact) mass is 258 g/mol. The molecule has 1 aromatic carbocycles. The molecule has 0 bridgehead atoms. The second-order valence-electron chi connectivity index (χ2n) is 5.46. The lowest BCUT2D eigenvalue weighted by Crippen LogP contribution is -2.24. The van der Waals surface area contributed by atoms with Crippen LogP contribution in [0.1, 0.15) is 46.4 Å². The van der Waals surface area contributed by atoms with Crippen LogP contribution >= 0.6 is 0 Å². The van der Waals surface area contributed by atoms with Crippen LogP contribution in [-0.2, 0) is 0 Å². The lowest BCUT2D eigenvalue weighted by atomic mass is 10.1. The number of hydrogen-bond donors (Lipinski definition) is 1. The zero-order valence-corrected chi connectivity index (χ0v) is 11.1. The third-order valence-corrected chi connectivity index (χ3v) is 4.16. The zero-order valence-electron chi connectivity index (χ0n) is 11.1. The van der Waals surface area contributed by atoms with Gasteiger partial charge < -0.3 is 5.32 Å². The summed E-state index contributed by atoms with van der Waals surface area (Å²) in [6.07, 6.45) is 5.23. The Morgan fingerprint density at radius 2 is 1.84 bits per heavy atom. The second kappa shape index (κ2) is 4.68. The van der Waals surface area contributed by atoms with Crippen LogP contribution in [0.25, 0.3) is 0 Å². The average molecular weight is 258 g/mol. The van der Waals surface area contributed by atoms with Gasteiger partial charge in [-0.3, -0.25) is 14.5 Å². The average Bonchev–Trinajstić information content (AvgIpc) is 3.01. The maximum Gasteiger partial charge on any atom is 0.261 e. The van der Waals surface area contributed by atoms with Crippen LogP contribution in [0.4, 0.5) is 5.69 Å². The quantitative estimate of drug-likeness (QED) is 0.847. The number of amides is 2. The first-order valence-corrected chi connectivity index (χ1v) is 6.87. The Balaban J connectivity index is 1.75. The number of benzene rings is 1. The number of hydrogen-bond acceptors (Lipinski definition) is 3. The Morgan fingerprint density at radius 1 is 1.16 bits per heavy atom. The molecule has 2 aliphatic rings. The van der Waals surface area contributed by atoms with Gasteiger partial charge in [-0.1, -0.05) is 12.8 Å². The van der Waals surface area contributed by atoms with Crippen LogP contribution in [-0.4, -0.2) is 30.3 Å². The molecule has 0 atom stereocenters. The summed E-state index contributed by atoms with van der Waals surface area (Å²) in [5, 5.41) is 3.38. The molecule has 1 fully saturated rings. The number of nitrogens with one attached hydrogen (secondary N) is 1. The molecule has 1 saturated carbocycles. The van der Waals surface area contributed by atoms with Crippen LogP contribution in [0.15, 0.2) is 18.2 Å². The van der Waals surface area contributed by atoms with Crippen LogP contribution in [0.5, 0.6) is 0 Å². The number of carbonyl (C=O) groups excluding carboxylic acids is 2. The highest BCUT2D eigenvalue weighted by Crippen LogP contribution is 2.27. The molecule has 1 aliphatic carbocycles. The van der Waals surface area contributed by atoms with Crippen LogP contribution in [0, 0.1) is 5.92 Å². The van der Waals surface area contributed by atoms with Crippen molar-refractivity contribution in [2.45, 2.75) is 25.7 Å².